The highest BCUT2D eigenvalue weighted by atomic mass is 35.5. The van der Waals surface area contributed by atoms with E-state index < -0.39 is 0 Å². The Morgan fingerprint density at radius 1 is 1.33 bits per heavy atom. The third-order valence-corrected chi connectivity index (χ3v) is 2.62. The third-order valence-electron chi connectivity index (χ3n) is 2.41. The van der Waals surface area contributed by atoms with E-state index in [-0.39, 0.29) is 5.91 Å². The highest BCUT2D eigenvalue weighted by Gasteiger charge is 2.05. The van der Waals surface area contributed by atoms with Crippen LogP contribution in [-0.4, -0.2) is 15.9 Å². The number of aryl methyl sites for hydroxylation is 1. The van der Waals surface area contributed by atoms with Gasteiger partial charge in [-0.3, -0.25) is 9.78 Å². The van der Waals surface area contributed by atoms with Crippen LogP contribution in [0.5, 0.6) is 0 Å². The topological polar surface area (TPSA) is 54.9 Å². The van der Waals surface area contributed by atoms with Crippen molar-refractivity contribution in [1.82, 2.24) is 15.3 Å². The maximum atomic E-state index is 11.8. The fourth-order valence-corrected chi connectivity index (χ4v) is 1.61. The van der Waals surface area contributed by atoms with Gasteiger partial charge in [-0.05, 0) is 30.7 Å². The molecular weight excluding hydrogens is 250 g/mol. The van der Waals surface area contributed by atoms with Gasteiger partial charge >= 0.3 is 0 Å². The molecule has 0 spiro atoms. The second kappa shape index (κ2) is 5.60. The number of nitrogens with zero attached hydrogens (tertiary/aromatic N) is 2. The molecule has 2 heterocycles. The van der Waals surface area contributed by atoms with Crippen molar-refractivity contribution in [3.05, 3.63) is 58.6 Å². The van der Waals surface area contributed by atoms with E-state index in [0.717, 1.165) is 11.3 Å². The molecule has 0 bridgehead atoms. The molecule has 0 aliphatic carbocycles. The molecule has 1 N–H and O–H groups in total. The molecule has 92 valence electrons. The van der Waals surface area contributed by atoms with E-state index in [2.05, 4.69) is 15.3 Å². The molecule has 2 aromatic heterocycles. The summed E-state index contributed by atoms with van der Waals surface area (Å²) in [6, 6.07) is 6.99. The lowest BCUT2D eigenvalue weighted by Gasteiger charge is -2.05. The number of hydrogen-bond donors (Lipinski definition) is 1. The van der Waals surface area contributed by atoms with E-state index in [9.17, 15) is 4.79 Å². The van der Waals surface area contributed by atoms with Crippen molar-refractivity contribution >= 4 is 17.5 Å². The van der Waals surface area contributed by atoms with Gasteiger partial charge in [-0.25, -0.2) is 4.98 Å². The molecular formula is C13H12ClN3O. The Morgan fingerprint density at radius 2 is 2.17 bits per heavy atom. The summed E-state index contributed by atoms with van der Waals surface area (Å²) in [5.41, 5.74) is 2.40. The summed E-state index contributed by atoms with van der Waals surface area (Å²) in [6.45, 7) is 2.35. The normalized spacial score (nSPS) is 10.1. The second-order valence-corrected chi connectivity index (χ2v) is 4.24. The number of carbonyl (C=O) groups is 1. The minimum Gasteiger partial charge on any atom is -0.348 e. The average molecular weight is 262 g/mol. The van der Waals surface area contributed by atoms with Gasteiger partial charge in [0.2, 0.25) is 0 Å². The van der Waals surface area contributed by atoms with Crippen LogP contribution < -0.4 is 5.32 Å². The Balaban J connectivity index is 1.98. The molecule has 0 atom stereocenters. The summed E-state index contributed by atoms with van der Waals surface area (Å²) in [6.07, 6.45) is 3.25. The number of rotatable bonds is 3. The molecule has 0 aliphatic heterocycles. The minimum absolute atomic E-state index is 0.181. The van der Waals surface area contributed by atoms with Crippen molar-refractivity contribution in [2.24, 2.45) is 0 Å². The summed E-state index contributed by atoms with van der Waals surface area (Å²) in [7, 11) is 0. The highest BCUT2D eigenvalue weighted by Crippen LogP contribution is 2.07. The Hall–Kier alpha value is -1.94. The van der Waals surface area contributed by atoms with Crippen LogP contribution in [0.2, 0.25) is 5.15 Å². The van der Waals surface area contributed by atoms with E-state index in [4.69, 9.17) is 11.6 Å². The van der Waals surface area contributed by atoms with E-state index >= 15 is 0 Å². The third kappa shape index (κ3) is 3.28. The number of pyridine rings is 2. The average Bonchev–Trinajstić information content (AvgIpc) is 2.38. The molecule has 0 saturated carbocycles. The lowest BCUT2D eigenvalue weighted by molar-refractivity contribution is 0.0951. The van der Waals surface area contributed by atoms with Gasteiger partial charge in [0.15, 0.2) is 0 Å². The van der Waals surface area contributed by atoms with Gasteiger partial charge in [0.25, 0.3) is 5.91 Å². The number of carbonyl (C=O) groups excluding carboxylic acids is 1. The van der Waals surface area contributed by atoms with Crippen LogP contribution in [-0.2, 0) is 6.54 Å². The number of hydrogen-bond acceptors (Lipinski definition) is 3. The fraction of sp³-hybridized carbons (Fsp3) is 0.154. The van der Waals surface area contributed by atoms with Gasteiger partial charge in [0.1, 0.15) is 5.15 Å². The minimum atomic E-state index is -0.181. The highest BCUT2D eigenvalue weighted by molar-refractivity contribution is 6.29. The van der Waals surface area contributed by atoms with Crippen molar-refractivity contribution in [2.75, 3.05) is 0 Å². The van der Waals surface area contributed by atoms with Crippen LogP contribution in [0.4, 0.5) is 0 Å². The Labute approximate surface area is 110 Å². The maximum absolute atomic E-state index is 11.8. The van der Waals surface area contributed by atoms with Crippen molar-refractivity contribution < 1.29 is 4.79 Å². The van der Waals surface area contributed by atoms with Gasteiger partial charge in [-0.15, -0.1) is 0 Å². The van der Waals surface area contributed by atoms with Crippen molar-refractivity contribution in [2.45, 2.75) is 13.5 Å². The second-order valence-electron chi connectivity index (χ2n) is 3.86. The monoisotopic (exact) mass is 261 g/mol. The van der Waals surface area contributed by atoms with Crippen molar-refractivity contribution in [1.29, 1.82) is 0 Å². The van der Waals surface area contributed by atoms with Crippen LogP contribution >= 0.6 is 11.6 Å². The van der Waals surface area contributed by atoms with Crippen LogP contribution in [0.25, 0.3) is 0 Å². The summed E-state index contributed by atoms with van der Waals surface area (Å²) in [5, 5.41) is 3.10. The van der Waals surface area contributed by atoms with E-state index in [0.29, 0.717) is 17.3 Å². The predicted octanol–water partition coefficient (Wildman–Crippen LogP) is 2.37. The van der Waals surface area contributed by atoms with Crippen LogP contribution in [0.3, 0.4) is 0 Å². The van der Waals surface area contributed by atoms with Gasteiger partial charge in [0, 0.05) is 30.2 Å². The summed E-state index contributed by atoms with van der Waals surface area (Å²) >= 11 is 5.72. The van der Waals surface area contributed by atoms with Crippen molar-refractivity contribution in [3.8, 4) is 0 Å². The molecule has 2 rings (SSSR count). The summed E-state index contributed by atoms with van der Waals surface area (Å²) in [4.78, 5) is 19.8. The van der Waals surface area contributed by atoms with Gasteiger partial charge in [-0.1, -0.05) is 17.7 Å². The number of aromatic nitrogens is 2. The molecule has 0 aliphatic rings. The first kappa shape index (κ1) is 12.5. The molecule has 2 aromatic rings. The smallest absolute Gasteiger partial charge is 0.251 e. The standard InChI is InChI=1S/C13H12ClN3O/c1-9-2-3-10(7-16-9)8-17-13(18)11-4-5-15-12(14)6-11/h2-7H,8H2,1H3,(H,17,18). The lowest BCUT2D eigenvalue weighted by atomic mass is 10.2. The van der Waals surface area contributed by atoms with E-state index in [1.807, 2.05) is 19.1 Å². The Morgan fingerprint density at radius 3 is 2.83 bits per heavy atom. The first-order chi connectivity index (χ1) is 8.65. The Bertz CT molecular complexity index is 554. The number of amides is 1. The summed E-state index contributed by atoms with van der Waals surface area (Å²) < 4.78 is 0. The van der Waals surface area contributed by atoms with Crippen LogP contribution in [0, 0.1) is 6.92 Å². The molecule has 1 amide bonds. The van der Waals surface area contributed by atoms with Gasteiger partial charge in [-0.2, -0.15) is 0 Å². The molecule has 0 saturated heterocycles. The molecule has 0 unspecified atom stereocenters. The zero-order valence-corrected chi connectivity index (χ0v) is 10.6. The van der Waals surface area contributed by atoms with Crippen LogP contribution in [0.15, 0.2) is 36.7 Å². The number of nitrogens with one attached hydrogen (secondary N) is 1. The largest absolute Gasteiger partial charge is 0.348 e. The first-order valence-electron chi connectivity index (χ1n) is 5.46. The zero-order valence-electron chi connectivity index (χ0n) is 9.85. The lowest BCUT2D eigenvalue weighted by Crippen LogP contribution is -2.22. The molecule has 18 heavy (non-hydrogen) atoms. The predicted molar refractivity (Wildman–Crippen MR) is 69.4 cm³/mol. The summed E-state index contributed by atoms with van der Waals surface area (Å²) in [5.74, 6) is -0.181. The van der Waals surface area contributed by atoms with Crippen LogP contribution in [0.1, 0.15) is 21.6 Å². The van der Waals surface area contributed by atoms with Gasteiger partial charge < -0.3 is 5.32 Å². The quantitative estimate of drug-likeness (QED) is 0.863. The maximum Gasteiger partial charge on any atom is 0.251 e. The van der Waals surface area contributed by atoms with E-state index in [1.54, 1.807) is 12.3 Å². The molecule has 0 aromatic carbocycles. The molecule has 0 fully saturated rings. The van der Waals surface area contributed by atoms with Crippen molar-refractivity contribution in [3.63, 3.8) is 0 Å². The fourth-order valence-electron chi connectivity index (χ4n) is 1.43. The molecule has 5 heteroatoms. The number of halogens is 1. The molecule has 0 radical (unpaired) electrons. The zero-order chi connectivity index (χ0) is 13.0. The first-order valence-corrected chi connectivity index (χ1v) is 5.84. The Kier molecular flexibility index (Phi) is 3.89. The van der Waals surface area contributed by atoms with Gasteiger partial charge in [0.05, 0.1) is 0 Å². The molecule has 4 nitrogen and oxygen atoms in total. The van der Waals surface area contributed by atoms with E-state index in [1.165, 1.54) is 12.3 Å². The SMILES string of the molecule is Cc1ccc(CNC(=O)c2ccnc(Cl)c2)cn1.